The van der Waals surface area contributed by atoms with E-state index in [-0.39, 0.29) is 31.1 Å². The van der Waals surface area contributed by atoms with Gasteiger partial charge >= 0.3 is 5.97 Å². The fourth-order valence-corrected chi connectivity index (χ4v) is 15.3. The molecule has 0 radical (unpaired) electrons. The fourth-order valence-electron chi connectivity index (χ4n) is 15.3. The molecule has 0 aromatic carbocycles. The Kier molecular flexibility index (Phi) is 14.1. The number of carbonyl (C=O) groups excluding carboxylic acids is 1. The maximum Gasteiger partial charge on any atom is 0.311 e. The second-order valence-electron chi connectivity index (χ2n) is 23.3. The first-order valence-corrected chi connectivity index (χ1v) is 24.0. The van der Waals surface area contributed by atoms with Crippen LogP contribution in [-0.2, 0) is 33.2 Å². The van der Waals surface area contributed by atoms with E-state index in [0.717, 1.165) is 5.57 Å². The third-order valence-corrected chi connectivity index (χ3v) is 18.6. The van der Waals surface area contributed by atoms with Crippen molar-refractivity contribution >= 4 is 5.97 Å². The number of allylic oxidation sites excluding steroid dienone is 2. The van der Waals surface area contributed by atoms with Crippen molar-refractivity contribution in [3.8, 4) is 0 Å². The summed E-state index contributed by atoms with van der Waals surface area (Å²) in [5.74, 6) is -3.43. The third-order valence-electron chi connectivity index (χ3n) is 18.6. The van der Waals surface area contributed by atoms with Gasteiger partial charge in [0.15, 0.2) is 18.7 Å². The predicted octanol–water partition coefficient (Wildman–Crippen LogP) is -2.45. The molecule has 20 heteroatoms. The average molecular weight is 961 g/mol. The van der Waals surface area contributed by atoms with Crippen LogP contribution in [0.2, 0.25) is 0 Å². The molecule has 3 saturated heterocycles. The number of aliphatic hydroxyl groups excluding tert-OH is 13. The summed E-state index contributed by atoms with van der Waals surface area (Å²) in [7, 11) is 0. The van der Waals surface area contributed by atoms with Crippen molar-refractivity contribution in [2.45, 2.75) is 197 Å². The highest BCUT2D eigenvalue weighted by molar-refractivity contribution is 5.73. The van der Waals surface area contributed by atoms with Crippen LogP contribution in [0.25, 0.3) is 0 Å². The van der Waals surface area contributed by atoms with Gasteiger partial charge in [0.1, 0.15) is 54.9 Å². The van der Waals surface area contributed by atoms with Crippen LogP contribution in [-0.4, -0.2) is 203 Å². The van der Waals surface area contributed by atoms with Crippen LogP contribution in [0.4, 0.5) is 0 Å². The zero-order valence-electron chi connectivity index (χ0n) is 39.4. The second-order valence-corrected chi connectivity index (χ2v) is 23.3. The largest absolute Gasteiger partial charge is 0.432 e. The van der Waals surface area contributed by atoms with E-state index in [9.17, 15) is 71.2 Å². The first kappa shape index (κ1) is 51.8. The Hall–Kier alpha value is -1.51. The van der Waals surface area contributed by atoms with Gasteiger partial charge in [-0.1, -0.05) is 53.2 Å². The first-order valence-electron chi connectivity index (χ1n) is 24.0. The number of ether oxygens (including phenoxy) is 6. The molecule has 0 bridgehead atoms. The minimum absolute atomic E-state index is 0.106. The summed E-state index contributed by atoms with van der Waals surface area (Å²) in [5.41, 5.74) is -3.01. The zero-order chi connectivity index (χ0) is 49.2. The number of carbonyl (C=O) groups is 1. The summed E-state index contributed by atoms with van der Waals surface area (Å²) in [6.45, 7) is 11.8. The lowest BCUT2D eigenvalue weighted by molar-refractivity contribution is -0.351. The molecule has 3 heterocycles. The number of hydrogen-bond acceptors (Lipinski definition) is 20. The minimum Gasteiger partial charge on any atom is -0.432 e. The molecule has 3 aliphatic heterocycles. The third kappa shape index (κ3) is 8.18. The SMILES string of the molecule is CC1OC(OC2C(OC(=O)[C@@H]3CC(C)(C)C[C@@H]4C5=CC[C@@H]6[C@@]7(C)C[C@H](O)[C@H](OC8OC(CO)C(O)C(O)C8O)[C@@](C)(CO)C7C(O)C[C@@]6(C)[C@]5(C)C[C@@H](O)[C@H]43)OCC(O)C2O)C(O)C(O)C1O. The molecule has 384 valence electrons. The van der Waals surface area contributed by atoms with Crippen molar-refractivity contribution < 1.29 is 99.6 Å². The van der Waals surface area contributed by atoms with Gasteiger partial charge in [-0.25, -0.2) is 0 Å². The van der Waals surface area contributed by atoms with Crippen LogP contribution in [0, 0.1) is 56.7 Å². The smallest absolute Gasteiger partial charge is 0.311 e. The first-order chi connectivity index (χ1) is 31.2. The standard InChI is InChI=1S/C47H76O20/c1-18-29(54)32(57)34(59)40(63-18)65-36-30(55)25(53)16-62-42(36)67-39(61)20-11-43(2,3)10-19-21-8-9-27-44(4)12-24(52)38(66-41-35(60)33(58)31(56)26(15-48)64-41)45(5,17-49)37(44)23(51)14-47(27,7)46(21,6)13-22(50)28(19)20/h8,18-20,22-38,40-42,48-60H,9-17H2,1-7H3/t18?,19-,20-,22-,23?,24+,25?,26?,27-,28-,29?,30?,31?,32?,33?,34?,35?,36?,37?,38+,40?,41?,42?,44-,45+,46-,47-/m1/s1. The van der Waals surface area contributed by atoms with Crippen molar-refractivity contribution in [1.82, 2.24) is 0 Å². The molecule has 0 aromatic heterocycles. The van der Waals surface area contributed by atoms with Crippen LogP contribution >= 0.6 is 0 Å². The topological polar surface area (TPSA) is 335 Å². The summed E-state index contributed by atoms with van der Waals surface area (Å²) >= 11 is 0. The Morgan fingerprint density at radius 3 is 1.97 bits per heavy atom. The van der Waals surface area contributed by atoms with Gasteiger partial charge in [0, 0.05) is 17.3 Å². The van der Waals surface area contributed by atoms with Gasteiger partial charge in [-0.3, -0.25) is 4.79 Å². The zero-order valence-corrected chi connectivity index (χ0v) is 39.4. The number of fused-ring (bicyclic) bond motifs is 7. The van der Waals surface area contributed by atoms with Crippen LogP contribution in [0.3, 0.4) is 0 Å². The average Bonchev–Trinajstić information content (AvgIpc) is 3.25. The molecule has 0 aromatic rings. The molecule has 8 rings (SSSR count). The number of esters is 1. The Bertz CT molecular complexity index is 1830. The minimum atomic E-state index is -1.76. The molecule has 0 amide bonds. The highest BCUT2D eigenvalue weighted by Gasteiger charge is 2.73. The van der Waals surface area contributed by atoms with E-state index in [0.29, 0.717) is 19.3 Å². The highest BCUT2D eigenvalue weighted by Crippen LogP contribution is 2.75. The van der Waals surface area contributed by atoms with E-state index in [1.165, 1.54) is 6.92 Å². The van der Waals surface area contributed by atoms with Gasteiger partial charge in [-0.2, -0.15) is 0 Å². The maximum atomic E-state index is 14.6. The van der Waals surface area contributed by atoms with Crippen molar-refractivity contribution in [2.75, 3.05) is 19.8 Å². The van der Waals surface area contributed by atoms with E-state index in [2.05, 4.69) is 19.9 Å². The maximum absolute atomic E-state index is 14.6. The number of aliphatic hydroxyl groups is 13. The van der Waals surface area contributed by atoms with Crippen LogP contribution in [0.5, 0.6) is 0 Å². The number of hydrogen-bond donors (Lipinski definition) is 13. The van der Waals surface area contributed by atoms with Crippen molar-refractivity contribution in [3.05, 3.63) is 11.6 Å². The molecule has 7 fully saturated rings. The van der Waals surface area contributed by atoms with Gasteiger partial charge in [-0.15, -0.1) is 0 Å². The fraction of sp³-hybridized carbons (Fsp3) is 0.936. The summed E-state index contributed by atoms with van der Waals surface area (Å²) in [6, 6.07) is 0. The lowest BCUT2D eigenvalue weighted by atomic mass is 9.33. The van der Waals surface area contributed by atoms with Gasteiger partial charge in [0.05, 0.1) is 56.3 Å². The lowest BCUT2D eigenvalue weighted by Crippen LogP contribution is -2.72. The summed E-state index contributed by atoms with van der Waals surface area (Å²) in [4.78, 5) is 14.6. The number of rotatable bonds is 8. The normalized spacial score (nSPS) is 56.4. The van der Waals surface area contributed by atoms with Gasteiger partial charge in [0.2, 0.25) is 6.29 Å². The highest BCUT2D eigenvalue weighted by atomic mass is 16.8. The van der Waals surface area contributed by atoms with Crippen LogP contribution in [0.1, 0.15) is 87.0 Å². The molecule has 8 aliphatic rings. The quantitative estimate of drug-likeness (QED) is 0.0682. The van der Waals surface area contributed by atoms with E-state index in [1.807, 2.05) is 20.8 Å². The predicted molar refractivity (Wildman–Crippen MR) is 228 cm³/mol. The summed E-state index contributed by atoms with van der Waals surface area (Å²) in [6.07, 6.45) is -22.1. The van der Waals surface area contributed by atoms with Gasteiger partial charge in [-0.05, 0) is 78.9 Å². The van der Waals surface area contributed by atoms with Crippen molar-refractivity contribution in [3.63, 3.8) is 0 Å². The van der Waals surface area contributed by atoms with Crippen LogP contribution < -0.4 is 0 Å². The molecule has 0 spiro atoms. The Balaban J connectivity index is 1.06. The van der Waals surface area contributed by atoms with Gasteiger partial charge in [0.25, 0.3) is 0 Å². The molecule has 5 aliphatic carbocycles. The van der Waals surface area contributed by atoms with E-state index < -0.39 is 181 Å². The molecular weight excluding hydrogens is 884 g/mol. The molecule has 67 heavy (non-hydrogen) atoms. The summed E-state index contributed by atoms with van der Waals surface area (Å²) < 4.78 is 35.0. The molecular formula is C47H76O20. The molecule has 20 nitrogen and oxygen atoms in total. The second kappa shape index (κ2) is 18.2. The Morgan fingerprint density at radius 1 is 0.687 bits per heavy atom. The Labute approximate surface area is 390 Å². The van der Waals surface area contributed by atoms with E-state index in [4.69, 9.17) is 28.4 Å². The van der Waals surface area contributed by atoms with Gasteiger partial charge < -0.3 is 94.8 Å². The van der Waals surface area contributed by atoms with Crippen molar-refractivity contribution in [1.29, 1.82) is 0 Å². The molecule has 4 saturated carbocycles. The van der Waals surface area contributed by atoms with Crippen LogP contribution in [0.15, 0.2) is 11.6 Å². The molecule has 13 N–H and O–H groups in total. The Morgan fingerprint density at radius 2 is 1.33 bits per heavy atom. The molecule has 16 unspecified atom stereocenters. The lowest BCUT2D eigenvalue weighted by Gasteiger charge is -2.72. The van der Waals surface area contributed by atoms with Crippen molar-refractivity contribution in [2.24, 2.45) is 56.7 Å². The summed E-state index contributed by atoms with van der Waals surface area (Å²) in [5, 5.41) is 143. The van der Waals surface area contributed by atoms with E-state index >= 15 is 0 Å². The van der Waals surface area contributed by atoms with E-state index in [1.54, 1.807) is 6.92 Å². The monoisotopic (exact) mass is 960 g/mol. The molecule has 27 atom stereocenters.